The lowest BCUT2D eigenvalue weighted by Crippen LogP contribution is -2.39. The Bertz CT molecular complexity index is 1380. The van der Waals surface area contributed by atoms with Gasteiger partial charge in [0.1, 0.15) is 5.75 Å². The summed E-state index contributed by atoms with van der Waals surface area (Å²) in [7, 11) is 0. The van der Waals surface area contributed by atoms with Crippen LogP contribution in [0.1, 0.15) is 41.9 Å². The van der Waals surface area contributed by atoms with E-state index in [0.29, 0.717) is 22.5 Å². The van der Waals surface area contributed by atoms with Crippen molar-refractivity contribution in [3.63, 3.8) is 0 Å². The van der Waals surface area contributed by atoms with E-state index in [1.54, 1.807) is 36.0 Å². The summed E-state index contributed by atoms with van der Waals surface area (Å²) >= 11 is 7.53. The number of hydrogen-bond acceptors (Lipinski definition) is 6. The standard InChI is InChI=1S/C27H22ClN3O3S/c28-18-10-12-20(13-11-18)33-16-25-29-26(30-34-25)17-9-14-22-24(15-17)35-23-8-4-3-7-21(23)27(32)31(22)19-5-1-2-6-19/h3-4,7-15,19H,1-2,5-6,16H2. The SMILES string of the molecule is O=C1c2ccccc2Sc2cc(-c3noc(COc4ccc(Cl)cc4)n3)ccc2N1C1CCCC1. The zero-order valence-electron chi connectivity index (χ0n) is 18.8. The summed E-state index contributed by atoms with van der Waals surface area (Å²) in [5.41, 5.74) is 2.53. The maximum absolute atomic E-state index is 13.6. The number of carbonyl (C=O) groups is 1. The Labute approximate surface area is 212 Å². The van der Waals surface area contributed by atoms with Gasteiger partial charge in [0.2, 0.25) is 5.82 Å². The Morgan fingerprint density at radius 3 is 2.66 bits per heavy atom. The molecule has 1 aromatic heterocycles. The summed E-state index contributed by atoms with van der Waals surface area (Å²) in [4.78, 5) is 22.1. The van der Waals surface area contributed by atoms with Gasteiger partial charge in [-0.05, 0) is 67.4 Å². The zero-order chi connectivity index (χ0) is 23.8. The van der Waals surface area contributed by atoms with Crippen molar-refractivity contribution in [3.8, 4) is 17.1 Å². The minimum Gasteiger partial charge on any atom is -0.484 e. The molecule has 6 rings (SSSR count). The molecule has 1 amide bonds. The van der Waals surface area contributed by atoms with Crippen LogP contribution >= 0.6 is 23.4 Å². The van der Waals surface area contributed by atoms with Gasteiger partial charge in [-0.25, -0.2) is 0 Å². The summed E-state index contributed by atoms with van der Waals surface area (Å²) in [6.45, 7) is 0.158. The van der Waals surface area contributed by atoms with Crippen molar-refractivity contribution < 1.29 is 14.1 Å². The van der Waals surface area contributed by atoms with Crippen LogP contribution in [0.2, 0.25) is 5.02 Å². The van der Waals surface area contributed by atoms with Crippen molar-refractivity contribution in [1.82, 2.24) is 10.1 Å². The largest absolute Gasteiger partial charge is 0.484 e. The molecule has 0 spiro atoms. The molecule has 35 heavy (non-hydrogen) atoms. The number of nitrogens with zero attached hydrogens (tertiary/aromatic N) is 3. The quantitative estimate of drug-likeness (QED) is 0.291. The second-order valence-corrected chi connectivity index (χ2v) is 10.2. The molecule has 0 radical (unpaired) electrons. The number of aromatic nitrogens is 2. The summed E-state index contributed by atoms with van der Waals surface area (Å²) < 4.78 is 11.1. The van der Waals surface area contributed by atoms with Crippen molar-refractivity contribution in [2.24, 2.45) is 0 Å². The van der Waals surface area contributed by atoms with Gasteiger partial charge < -0.3 is 14.2 Å². The number of fused-ring (bicyclic) bond motifs is 2. The lowest BCUT2D eigenvalue weighted by molar-refractivity contribution is 0.0974. The number of rotatable bonds is 5. The Kier molecular flexibility index (Phi) is 5.96. The summed E-state index contributed by atoms with van der Waals surface area (Å²) in [6.07, 6.45) is 4.37. The van der Waals surface area contributed by atoms with Crippen molar-refractivity contribution in [2.45, 2.75) is 48.1 Å². The normalized spacial score (nSPS) is 15.6. The molecule has 0 N–H and O–H groups in total. The predicted molar refractivity (Wildman–Crippen MR) is 135 cm³/mol. The van der Waals surface area contributed by atoms with Gasteiger partial charge in [-0.2, -0.15) is 4.98 Å². The Balaban J connectivity index is 1.30. The summed E-state index contributed by atoms with van der Waals surface area (Å²) in [5, 5.41) is 4.81. The number of amides is 1. The molecule has 1 aliphatic carbocycles. The van der Waals surface area contributed by atoms with E-state index in [9.17, 15) is 4.79 Å². The fraction of sp³-hybridized carbons (Fsp3) is 0.222. The van der Waals surface area contributed by atoms with Crippen LogP contribution in [0.5, 0.6) is 5.75 Å². The van der Waals surface area contributed by atoms with Crippen molar-refractivity contribution in [3.05, 3.63) is 83.2 Å². The third-order valence-corrected chi connectivity index (χ3v) is 7.74. The zero-order valence-corrected chi connectivity index (χ0v) is 20.4. The molecular weight excluding hydrogens is 482 g/mol. The lowest BCUT2D eigenvalue weighted by Gasteiger charge is -2.29. The van der Waals surface area contributed by atoms with Crippen molar-refractivity contribution in [1.29, 1.82) is 0 Å². The van der Waals surface area contributed by atoms with E-state index in [4.69, 9.17) is 20.9 Å². The van der Waals surface area contributed by atoms with Crippen LogP contribution in [0.4, 0.5) is 5.69 Å². The average molecular weight is 504 g/mol. The topological polar surface area (TPSA) is 68.5 Å². The molecular formula is C27H22ClN3O3S. The molecule has 4 aromatic rings. The van der Waals surface area contributed by atoms with Crippen LogP contribution in [0, 0.1) is 0 Å². The van der Waals surface area contributed by atoms with Crippen molar-refractivity contribution >= 4 is 35.0 Å². The maximum Gasteiger partial charge on any atom is 0.264 e. The molecule has 1 fully saturated rings. The van der Waals surface area contributed by atoms with Gasteiger partial charge >= 0.3 is 0 Å². The Morgan fingerprint density at radius 2 is 1.83 bits per heavy atom. The molecule has 1 aliphatic heterocycles. The van der Waals surface area contributed by atoms with Crippen LogP contribution in [-0.4, -0.2) is 22.1 Å². The van der Waals surface area contributed by atoms with Crippen LogP contribution in [0.25, 0.3) is 11.4 Å². The highest BCUT2D eigenvalue weighted by Gasteiger charge is 2.34. The molecule has 6 nitrogen and oxygen atoms in total. The first-order valence-electron chi connectivity index (χ1n) is 11.6. The van der Waals surface area contributed by atoms with E-state index in [0.717, 1.165) is 52.3 Å². The minimum absolute atomic E-state index is 0.0766. The first kappa shape index (κ1) is 22.2. The third-order valence-electron chi connectivity index (χ3n) is 6.37. The van der Waals surface area contributed by atoms with Crippen LogP contribution in [-0.2, 0) is 6.61 Å². The fourth-order valence-corrected chi connectivity index (χ4v) is 5.89. The minimum atomic E-state index is 0.0766. The highest BCUT2D eigenvalue weighted by molar-refractivity contribution is 7.99. The first-order valence-corrected chi connectivity index (χ1v) is 12.8. The molecule has 3 aromatic carbocycles. The van der Waals surface area contributed by atoms with Crippen LogP contribution in [0.3, 0.4) is 0 Å². The number of ether oxygens (including phenoxy) is 1. The van der Waals surface area contributed by atoms with Crippen molar-refractivity contribution in [2.75, 3.05) is 4.90 Å². The van der Waals surface area contributed by atoms with Crippen LogP contribution < -0.4 is 9.64 Å². The lowest BCUT2D eigenvalue weighted by atomic mass is 10.1. The van der Waals surface area contributed by atoms with Gasteiger partial charge in [0.25, 0.3) is 11.8 Å². The first-order chi connectivity index (χ1) is 17.2. The molecule has 0 bridgehead atoms. The fourth-order valence-electron chi connectivity index (χ4n) is 4.66. The van der Waals surface area contributed by atoms with E-state index >= 15 is 0 Å². The van der Waals surface area contributed by atoms with E-state index in [-0.39, 0.29) is 18.6 Å². The summed E-state index contributed by atoms with van der Waals surface area (Å²) in [5.74, 6) is 1.61. The number of halogens is 1. The van der Waals surface area contributed by atoms with E-state index in [1.807, 2.05) is 47.4 Å². The number of anilines is 1. The maximum atomic E-state index is 13.6. The molecule has 0 saturated heterocycles. The highest BCUT2D eigenvalue weighted by Crippen LogP contribution is 2.45. The molecule has 1 saturated carbocycles. The van der Waals surface area contributed by atoms with Gasteiger partial charge in [0, 0.05) is 26.4 Å². The molecule has 2 aliphatic rings. The average Bonchev–Trinajstić information content (AvgIpc) is 3.56. The smallest absolute Gasteiger partial charge is 0.264 e. The second-order valence-electron chi connectivity index (χ2n) is 8.65. The monoisotopic (exact) mass is 503 g/mol. The molecule has 2 heterocycles. The summed E-state index contributed by atoms with van der Waals surface area (Å²) in [6, 6.07) is 21.2. The van der Waals surface area contributed by atoms with Gasteiger partial charge in [0.05, 0.1) is 11.3 Å². The van der Waals surface area contributed by atoms with E-state index in [1.165, 1.54) is 0 Å². The van der Waals surface area contributed by atoms with E-state index < -0.39 is 0 Å². The molecule has 0 atom stereocenters. The Morgan fingerprint density at radius 1 is 1.03 bits per heavy atom. The second kappa shape index (κ2) is 9.40. The van der Waals surface area contributed by atoms with Gasteiger partial charge in [0.15, 0.2) is 6.61 Å². The number of benzene rings is 3. The predicted octanol–water partition coefficient (Wildman–Crippen LogP) is 7.02. The molecule has 0 unspecified atom stereocenters. The third kappa shape index (κ3) is 4.42. The number of carbonyl (C=O) groups excluding carboxylic acids is 1. The highest BCUT2D eigenvalue weighted by atomic mass is 35.5. The van der Waals surface area contributed by atoms with E-state index in [2.05, 4.69) is 10.1 Å². The molecule has 8 heteroatoms. The molecule has 176 valence electrons. The van der Waals surface area contributed by atoms with Gasteiger partial charge in [-0.15, -0.1) is 0 Å². The van der Waals surface area contributed by atoms with Gasteiger partial charge in [-0.3, -0.25) is 4.79 Å². The number of hydrogen-bond donors (Lipinski definition) is 0. The van der Waals surface area contributed by atoms with Crippen LogP contribution in [0.15, 0.2) is 81.0 Å². The Hall–Kier alpha value is -3.29. The van der Waals surface area contributed by atoms with Gasteiger partial charge in [-0.1, -0.05) is 53.5 Å².